The van der Waals surface area contributed by atoms with Crippen LogP contribution in [0.1, 0.15) is 77.6 Å². The number of Topliss-reactive ketones (excluding diaryl/α,β-unsaturated/α-hetero) is 1. The van der Waals surface area contributed by atoms with Crippen LogP contribution in [0, 0.1) is 13.8 Å². The number of ketones is 1. The molecule has 1 fully saturated rings. The summed E-state index contributed by atoms with van der Waals surface area (Å²) < 4.78 is 0. The van der Waals surface area contributed by atoms with Gasteiger partial charge in [-0.15, -0.1) is 0 Å². The van der Waals surface area contributed by atoms with Gasteiger partial charge in [0.1, 0.15) is 5.69 Å². The van der Waals surface area contributed by atoms with E-state index in [1.807, 2.05) is 13.8 Å². The minimum atomic E-state index is -0.0787. The molecule has 2 rings (SSSR count). The second-order valence-electron chi connectivity index (χ2n) is 5.84. The molecule has 0 aliphatic heterocycles. The quantitative estimate of drug-likeness (QED) is 0.657. The smallest absolute Gasteiger partial charge is 0.268 e. The van der Waals surface area contributed by atoms with Crippen molar-refractivity contribution in [1.82, 2.24) is 10.3 Å². The van der Waals surface area contributed by atoms with Crippen LogP contribution in [0.3, 0.4) is 0 Å². The molecule has 110 valence electrons. The van der Waals surface area contributed by atoms with Crippen molar-refractivity contribution >= 4 is 11.7 Å². The maximum absolute atomic E-state index is 12.4. The zero-order chi connectivity index (χ0) is 14.7. The maximum atomic E-state index is 12.4. The van der Waals surface area contributed by atoms with Crippen LogP contribution in [0.25, 0.3) is 0 Å². The highest BCUT2D eigenvalue weighted by atomic mass is 16.2. The Morgan fingerprint density at radius 3 is 2.20 bits per heavy atom. The van der Waals surface area contributed by atoms with Gasteiger partial charge in [0.15, 0.2) is 5.78 Å². The molecule has 0 saturated heterocycles. The van der Waals surface area contributed by atoms with E-state index in [0.29, 0.717) is 11.3 Å². The zero-order valence-corrected chi connectivity index (χ0v) is 12.6. The van der Waals surface area contributed by atoms with E-state index in [0.717, 1.165) is 24.1 Å². The Labute approximate surface area is 120 Å². The fourth-order valence-electron chi connectivity index (χ4n) is 3.19. The lowest BCUT2D eigenvalue weighted by Crippen LogP contribution is -2.35. The number of aromatic amines is 1. The molecule has 0 unspecified atom stereocenters. The molecule has 20 heavy (non-hydrogen) atoms. The third-order valence-electron chi connectivity index (χ3n) is 4.21. The molecule has 0 atom stereocenters. The van der Waals surface area contributed by atoms with E-state index in [-0.39, 0.29) is 17.7 Å². The number of nitrogens with one attached hydrogen (secondary N) is 2. The Hall–Kier alpha value is -1.58. The van der Waals surface area contributed by atoms with Gasteiger partial charge in [0.2, 0.25) is 0 Å². The van der Waals surface area contributed by atoms with Crippen LogP contribution in [0.5, 0.6) is 0 Å². The van der Waals surface area contributed by atoms with E-state index in [2.05, 4.69) is 10.3 Å². The van der Waals surface area contributed by atoms with E-state index in [4.69, 9.17) is 0 Å². The summed E-state index contributed by atoms with van der Waals surface area (Å²) in [5, 5.41) is 3.11. The van der Waals surface area contributed by atoms with E-state index >= 15 is 0 Å². The Balaban J connectivity index is 2.13. The summed E-state index contributed by atoms with van der Waals surface area (Å²) in [5.41, 5.74) is 2.73. The fourth-order valence-corrected chi connectivity index (χ4v) is 3.19. The predicted molar refractivity (Wildman–Crippen MR) is 79.2 cm³/mol. The number of rotatable bonds is 3. The first-order chi connectivity index (χ1) is 9.50. The lowest BCUT2D eigenvalue weighted by atomic mass is 10.1. The highest BCUT2D eigenvalue weighted by molar-refractivity contribution is 6.02. The summed E-state index contributed by atoms with van der Waals surface area (Å²) in [5.74, 6) is -0.0743. The van der Waals surface area contributed by atoms with Crippen molar-refractivity contribution in [2.75, 3.05) is 0 Å². The first-order valence-corrected chi connectivity index (χ1v) is 7.51. The largest absolute Gasteiger partial charge is 0.354 e. The molecule has 0 aromatic carbocycles. The van der Waals surface area contributed by atoms with Crippen LogP contribution in [0.15, 0.2) is 0 Å². The van der Waals surface area contributed by atoms with Crippen molar-refractivity contribution in [3.05, 3.63) is 22.5 Å². The molecule has 0 bridgehead atoms. The molecule has 0 radical (unpaired) electrons. The molecule has 1 amide bonds. The minimum absolute atomic E-state index is 0.00441. The Morgan fingerprint density at radius 1 is 1.10 bits per heavy atom. The van der Waals surface area contributed by atoms with Crippen molar-refractivity contribution in [3.63, 3.8) is 0 Å². The van der Waals surface area contributed by atoms with E-state index in [9.17, 15) is 9.59 Å². The van der Waals surface area contributed by atoms with Crippen molar-refractivity contribution < 1.29 is 9.59 Å². The number of aromatic nitrogens is 1. The second kappa shape index (κ2) is 6.25. The molecule has 1 saturated carbocycles. The van der Waals surface area contributed by atoms with E-state index in [1.165, 1.54) is 32.6 Å². The molecule has 1 aliphatic rings. The van der Waals surface area contributed by atoms with Crippen molar-refractivity contribution in [1.29, 1.82) is 0 Å². The third-order valence-corrected chi connectivity index (χ3v) is 4.21. The molecule has 1 aromatic rings. The van der Waals surface area contributed by atoms with Gasteiger partial charge in [-0.05, 0) is 39.2 Å². The standard InChI is InChI=1S/C16H24N2O2/c1-10-14(12(3)19)11(2)17-15(10)16(20)18-13-8-6-4-5-7-9-13/h13,17H,4-9H2,1-3H3,(H,18,20). The monoisotopic (exact) mass is 276 g/mol. The number of amides is 1. The van der Waals surface area contributed by atoms with Gasteiger partial charge < -0.3 is 10.3 Å². The minimum Gasteiger partial charge on any atom is -0.354 e. The highest BCUT2D eigenvalue weighted by Gasteiger charge is 2.22. The van der Waals surface area contributed by atoms with Gasteiger partial charge in [0, 0.05) is 17.3 Å². The van der Waals surface area contributed by atoms with Gasteiger partial charge in [-0.1, -0.05) is 25.7 Å². The van der Waals surface area contributed by atoms with Gasteiger partial charge in [-0.3, -0.25) is 9.59 Å². The van der Waals surface area contributed by atoms with Gasteiger partial charge in [0.25, 0.3) is 5.91 Å². The average Bonchev–Trinajstić information content (AvgIpc) is 2.55. The van der Waals surface area contributed by atoms with Gasteiger partial charge in [-0.2, -0.15) is 0 Å². The van der Waals surface area contributed by atoms with Crippen molar-refractivity contribution in [2.45, 2.75) is 65.3 Å². The van der Waals surface area contributed by atoms with Crippen LogP contribution in [0.2, 0.25) is 0 Å². The number of hydrogen-bond donors (Lipinski definition) is 2. The number of carbonyl (C=O) groups excluding carboxylic acids is 2. The molecule has 0 spiro atoms. The highest BCUT2D eigenvalue weighted by Crippen LogP contribution is 2.20. The summed E-state index contributed by atoms with van der Waals surface area (Å²) in [6.45, 7) is 5.21. The van der Waals surface area contributed by atoms with E-state index in [1.54, 1.807) is 0 Å². The Bertz CT molecular complexity index is 509. The molecule has 4 heteroatoms. The fraction of sp³-hybridized carbons (Fsp3) is 0.625. The van der Waals surface area contributed by atoms with Gasteiger partial charge in [-0.25, -0.2) is 0 Å². The first-order valence-electron chi connectivity index (χ1n) is 7.51. The van der Waals surface area contributed by atoms with Crippen molar-refractivity contribution in [2.24, 2.45) is 0 Å². The normalized spacial score (nSPS) is 16.8. The number of aryl methyl sites for hydroxylation is 1. The number of hydrogen-bond acceptors (Lipinski definition) is 2. The second-order valence-corrected chi connectivity index (χ2v) is 5.84. The van der Waals surface area contributed by atoms with Crippen LogP contribution in [-0.2, 0) is 0 Å². The van der Waals surface area contributed by atoms with Gasteiger partial charge >= 0.3 is 0 Å². The molecule has 2 N–H and O–H groups in total. The summed E-state index contributed by atoms with van der Waals surface area (Å²) in [4.78, 5) is 27.1. The predicted octanol–water partition coefficient (Wildman–Crippen LogP) is 3.29. The zero-order valence-electron chi connectivity index (χ0n) is 12.6. The first kappa shape index (κ1) is 14.8. The van der Waals surface area contributed by atoms with Crippen LogP contribution >= 0.6 is 0 Å². The third kappa shape index (κ3) is 3.11. The average molecular weight is 276 g/mol. The number of carbonyl (C=O) groups is 2. The van der Waals surface area contributed by atoms with Crippen LogP contribution in [0.4, 0.5) is 0 Å². The molecule has 1 heterocycles. The van der Waals surface area contributed by atoms with Gasteiger partial charge in [0.05, 0.1) is 0 Å². The Kier molecular flexibility index (Phi) is 4.63. The van der Waals surface area contributed by atoms with Crippen LogP contribution in [-0.4, -0.2) is 22.7 Å². The lowest BCUT2D eigenvalue weighted by Gasteiger charge is -2.16. The molecule has 1 aromatic heterocycles. The molecule has 4 nitrogen and oxygen atoms in total. The van der Waals surface area contributed by atoms with Crippen molar-refractivity contribution in [3.8, 4) is 0 Å². The van der Waals surface area contributed by atoms with Crippen LogP contribution < -0.4 is 5.32 Å². The molecule has 1 aliphatic carbocycles. The number of H-pyrrole nitrogens is 1. The summed E-state index contributed by atoms with van der Waals surface area (Å²) in [6.07, 6.45) is 7.02. The SMILES string of the molecule is CC(=O)c1c(C)[nH]c(C(=O)NC2CCCCCC2)c1C. The van der Waals surface area contributed by atoms with E-state index < -0.39 is 0 Å². The summed E-state index contributed by atoms with van der Waals surface area (Å²) in [6, 6.07) is 0.272. The molecular formula is C16H24N2O2. The lowest BCUT2D eigenvalue weighted by molar-refractivity contribution is 0.0928. The molecular weight excluding hydrogens is 252 g/mol. The topological polar surface area (TPSA) is 62.0 Å². The summed E-state index contributed by atoms with van der Waals surface area (Å²) in [7, 11) is 0. The summed E-state index contributed by atoms with van der Waals surface area (Å²) >= 11 is 0. The maximum Gasteiger partial charge on any atom is 0.268 e. The Morgan fingerprint density at radius 2 is 1.70 bits per heavy atom.